The first-order valence-electron chi connectivity index (χ1n) is 7.79. The molecular weight excluding hydrogens is 391 g/mol. The van der Waals surface area contributed by atoms with Gasteiger partial charge in [0.05, 0.1) is 20.6 Å². The molecule has 1 aromatic carbocycles. The number of ether oxygens (including phenoxy) is 1. The van der Waals surface area contributed by atoms with Gasteiger partial charge in [0, 0.05) is 6.04 Å². The first kappa shape index (κ1) is 19.8. The van der Waals surface area contributed by atoms with Crippen molar-refractivity contribution in [1.82, 2.24) is 10.6 Å². The van der Waals surface area contributed by atoms with Crippen LogP contribution in [0, 0.1) is 0 Å². The second-order valence-corrected chi connectivity index (χ2v) is 6.84. The molecular formula is C16H17Cl3N2O4. The standard InChI is InChI=1S/C16H17Cl3N2O4/c17-10-6-7-11(18)14(19)13(10)15(23)25-8-12(22)21-16(24)20-9-4-2-1-3-5-9/h6-7,9H,1-5,8H2,(H2,20,21,22,24). The van der Waals surface area contributed by atoms with Crippen LogP contribution in [0.1, 0.15) is 42.5 Å². The first-order valence-corrected chi connectivity index (χ1v) is 8.93. The van der Waals surface area contributed by atoms with Crippen LogP contribution in [-0.4, -0.2) is 30.6 Å². The molecule has 0 bridgehead atoms. The Hall–Kier alpha value is -1.50. The number of benzene rings is 1. The van der Waals surface area contributed by atoms with Crippen molar-refractivity contribution in [3.05, 3.63) is 32.8 Å². The van der Waals surface area contributed by atoms with E-state index in [1.54, 1.807) is 0 Å². The number of hydrogen-bond donors (Lipinski definition) is 2. The van der Waals surface area contributed by atoms with Gasteiger partial charge in [-0.3, -0.25) is 10.1 Å². The van der Waals surface area contributed by atoms with Crippen LogP contribution in [0.3, 0.4) is 0 Å². The average molecular weight is 408 g/mol. The third kappa shape index (κ3) is 5.76. The molecule has 9 heteroatoms. The van der Waals surface area contributed by atoms with Gasteiger partial charge in [0.1, 0.15) is 0 Å². The zero-order valence-electron chi connectivity index (χ0n) is 13.2. The molecule has 6 nitrogen and oxygen atoms in total. The molecule has 0 atom stereocenters. The number of carbonyl (C=O) groups is 3. The molecule has 0 spiro atoms. The van der Waals surface area contributed by atoms with Crippen LogP contribution >= 0.6 is 34.8 Å². The second kappa shape index (κ2) is 9.27. The number of esters is 1. The van der Waals surface area contributed by atoms with E-state index in [0.717, 1.165) is 32.1 Å². The quantitative estimate of drug-likeness (QED) is 0.584. The largest absolute Gasteiger partial charge is 0.452 e. The van der Waals surface area contributed by atoms with E-state index < -0.39 is 24.5 Å². The molecule has 2 rings (SSSR count). The van der Waals surface area contributed by atoms with Gasteiger partial charge in [-0.1, -0.05) is 54.1 Å². The van der Waals surface area contributed by atoms with E-state index in [9.17, 15) is 14.4 Å². The Labute approximate surface area is 160 Å². The van der Waals surface area contributed by atoms with Gasteiger partial charge in [0.25, 0.3) is 5.91 Å². The van der Waals surface area contributed by atoms with Crippen LogP contribution in [0.4, 0.5) is 4.79 Å². The highest BCUT2D eigenvalue weighted by molar-refractivity contribution is 6.46. The van der Waals surface area contributed by atoms with E-state index in [0.29, 0.717) is 0 Å². The summed E-state index contributed by atoms with van der Waals surface area (Å²) in [5, 5.41) is 4.96. The van der Waals surface area contributed by atoms with Crippen molar-refractivity contribution in [3.8, 4) is 0 Å². The van der Waals surface area contributed by atoms with Crippen LogP contribution in [0.5, 0.6) is 0 Å². The minimum atomic E-state index is -0.902. The number of imide groups is 1. The van der Waals surface area contributed by atoms with Crippen LogP contribution in [-0.2, 0) is 9.53 Å². The third-order valence-electron chi connectivity index (χ3n) is 3.78. The maximum atomic E-state index is 12.0. The number of urea groups is 1. The van der Waals surface area contributed by atoms with E-state index in [4.69, 9.17) is 39.5 Å². The van der Waals surface area contributed by atoms with Crippen LogP contribution < -0.4 is 10.6 Å². The topological polar surface area (TPSA) is 84.5 Å². The lowest BCUT2D eigenvalue weighted by Gasteiger charge is -2.22. The molecule has 0 aromatic heterocycles. The number of rotatable bonds is 4. The number of carbonyl (C=O) groups excluding carboxylic acids is 3. The molecule has 0 saturated heterocycles. The zero-order chi connectivity index (χ0) is 18.4. The highest BCUT2D eigenvalue weighted by atomic mass is 35.5. The summed E-state index contributed by atoms with van der Waals surface area (Å²) in [6.45, 7) is -0.643. The van der Waals surface area contributed by atoms with Crippen molar-refractivity contribution in [1.29, 1.82) is 0 Å². The summed E-state index contributed by atoms with van der Waals surface area (Å²) in [6.07, 6.45) is 5.04. The van der Waals surface area contributed by atoms with Gasteiger partial charge in [-0.15, -0.1) is 0 Å². The predicted molar refractivity (Wildman–Crippen MR) is 95.3 cm³/mol. The Balaban J connectivity index is 1.82. The van der Waals surface area contributed by atoms with Gasteiger partial charge in [-0.2, -0.15) is 0 Å². The maximum Gasteiger partial charge on any atom is 0.341 e. The second-order valence-electron chi connectivity index (χ2n) is 5.65. The lowest BCUT2D eigenvalue weighted by atomic mass is 9.96. The molecule has 2 N–H and O–H groups in total. The predicted octanol–water partition coefficient (Wildman–Crippen LogP) is 3.96. The Kier molecular flexibility index (Phi) is 7.35. The van der Waals surface area contributed by atoms with E-state index in [1.807, 2.05) is 0 Å². The van der Waals surface area contributed by atoms with Crippen molar-refractivity contribution in [2.75, 3.05) is 6.61 Å². The van der Waals surface area contributed by atoms with Crippen molar-refractivity contribution >= 4 is 52.7 Å². The van der Waals surface area contributed by atoms with Crippen LogP contribution in [0.2, 0.25) is 15.1 Å². The smallest absolute Gasteiger partial charge is 0.341 e. The number of hydrogen-bond acceptors (Lipinski definition) is 4. The minimum absolute atomic E-state index is 0.0508. The number of nitrogens with one attached hydrogen (secondary N) is 2. The van der Waals surface area contributed by atoms with Gasteiger partial charge in [-0.05, 0) is 25.0 Å². The maximum absolute atomic E-state index is 12.0. The summed E-state index contributed by atoms with van der Waals surface area (Å²) >= 11 is 17.6. The Morgan fingerprint density at radius 2 is 1.68 bits per heavy atom. The summed E-state index contributed by atoms with van der Waals surface area (Å²) < 4.78 is 4.84. The lowest BCUT2D eigenvalue weighted by Crippen LogP contribution is -2.46. The molecule has 1 fully saturated rings. The molecule has 136 valence electrons. The van der Waals surface area contributed by atoms with Gasteiger partial charge < -0.3 is 10.1 Å². The minimum Gasteiger partial charge on any atom is -0.452 e. The summed E-state index contributed by atoms with van der Waals surface area (Å²) in [6, 6.07) is 2.29. The highest BCUT2D eigenvalue weighted by Gasteiger charge is 2.21. The van der Waals surface area contributed by atoms with Crippen molar-refractivity contribution in [2.24, 2.45) is 0 Å². The lowest BCUT2D eigenvalue weighted by molar-refractivity contribution is -0.123. The van der Waals surface area contributed by atoms with E-state index >= 15 is 0 Å². The normalized spacial score (nSPS) is 14.7. The molecule has 25 heavy (non-hydrogen) atoms. The van der Waals surface area contributed by atoms with Crippen LogP contribution in [0.15, 0.2) is 12.1 Å². The molecule has 0 aliphatic heterocycles. The van der Waals surface area contributed by atoms with Gasteiger partial charge in [0.15, 0.2) is 6.61 Å². The van der Waals surface area contributed by atoms with E-state index in [2.05, 4.69) is 10.6 Å². The van der Waals surface area contributed by atoms with Crippen molar-refractivity contribution in [2.45, 2.75) is 38.1 Å². The summed E-state index contributed by atoms with van der Waals surface area (Å²) in [5.74, 6) is -1.66. The van der Waals surface area contributed by atoms with Gasteiger partial charge in [0.2, 0.25) is 0 Å². The number of amides is 3. The fourth-order valence-electron chi connectivity index (χ4n) is 2.55. The summed E-state index contributed by atoms with van der Waals surface area (Å²) in [5.41, 5.74) is -0.129. The van der Waals surface area contributed by atoms with Crippen molar-refractivity contribution in [3.63, 3.8) is 0 Å². The molecule has 1 saturated carbocycles. The Morgan fingerprint density at radius 1 is 1.04 bits per heavy atom. The van der Waals surface area contributed by atoms with Gasteiger partial charge in [-0.25, -0.2) is 9.59 Å². The highest BCUT2D eigenvalue weighted by Crippen LogP contribution is 2.31. The van der Waals surface area contributed by atoms with Crippen LogP contribution in [0.25, 0.3) is 0 Å². The zero-order valence-corrected chi connectivity index (χ0v) is 15.5. The molecule has 1 aromatic rings. The monoisotopic (exact) mass is 406 g/mol. The molecule has 0 unspecified atom stereocenters. The fraction of sp³-hybridized carbons (Fsp3) is 0.438. The Morgan fingerprint density at radius 3 is 2.36 bits per heavy atom. The molecule has 1 aliphatic carbocycles. The van der Waals surface area contributed by atoms with E-state index in [-0.39, 0.29) is 26.7 Å². The first-order chi connectivity index (χ1) is 11.9. The Bertz CT molecular complexity index is 676. The van der Waals surface area contributed by atoms with Gasteiger partial charge >= 0.3 is 12.0 Å². The summed E-state index contributed by atoms with van der Waals surface area (Å²) in [7, 11) is 0. The van der Waals surface area contributed by atoms with Crippen molar-refractivity contribution < 1.29 is 19.1 Å². The van der Waals surface area contributed by atoms with E-state index in [1.165, 1.54) is 12.1 Å². The SMILES string of the molecule is O=C(COC(=O)c1c(Cl)ccc(Cl)c1Cl)NC(=O)NC1CCCCC1. The average Bonchev–Trinajstić information content (AvgIpc) is 2.57. The molecule has 3 amide bonds. The molecule has 0 heterocycles. The molecule has 0 radical (unpaired) electrons. The fourth-order valence-corrected chi connectivity index (χ4v) is 3.23. The molecule has 1 aliphatic rings. The third-order valence-corrected chi connectivity index (χ3v) is 4.90. The summed E-state index contributed by atoms with van der Waals surface area (Å²) in [4.78, 5) is 35.5. The number of halogens is 3.